The van der Waals surface area contributed by atoms with Gasteiger partial charge in [-0.05, 0) is 30.3 Å². The number of thioether (sulfide) groups is 1. The van der Waals surface area contributed by atoms with Crippen LogP contribution in [-0.4, -0.2) is 19.8 Å². The van der Waals surface area contributed by atoms with Crippen molar-refractivity contribution in [3.05, 3.63) is 64.7 Å². The molecule has 4 aromatic rings. The molecule has 1 N–H and O–H groups in total. The van der Waals surface area contributed by atoms with Crippen LogP contribution in [0, 0.1) is 5.82 Å². The largest absolute Gasteiger partial charge is 0.349 e. The fourth-order valence-electron chi connectivity index (χ4n) is 2.85. The molecule has 0 saturated heterocycles. The van der Waals surface area contributed by atoms with E-state index in [0.717, 1.165) is 10.9 Å². The molecular formula is C19H16FN3OS. The molecule has 2 aromatic heterocycles. The highest BCUT2D eigenvalue weighted by Crippen LogP contribution is 2.28. The molecule has 0 fully saturated rings. The van der Waals surface area contributed by atoms with Gasteiger partial charge in [0.2, 0.25) is 0 Å². The van der Waals surface area contributed by atoms with Crippen LogP contribution >= 0.6 is 11.8 Å². The van der Waals surface area contributed by atoms with Gasteiger partial charge >= 0.3 is 0 Å². The number of aromatic nitrogens is 3. The van der Waals surface area contributed by atoms with Crippen LogP contribution < -0.4 is 5.56 Å². The summed E-state index contributed by atoms with van der Waals surface area (Å²) in [4.78, 5) is 21.1. The van der Waals surface area contributed by atoms with Gasteiger partial charge in [-0.3, -0.25) is 9.36 Å². The van der Waals surface area contributed by atoms with Crippen molar-refractivity contribution in [1.82, 2.24) is 14.5 Å². The molecule has 0 aliphatic carbocycles. The number of benzene rings is 2. The Labute approximate surface area is 147 Å². The highest BCUT2D eigenvalue weighted by Gasteiger charge is 2.17. The molecule has 4 rings (SSSR count). The molecule has 0 aliphatic heterocycles. The van der Waals surface area contributed by atoms with E-state index in [0.29, 0.717) is 21.9 Å². The third kappa shape index (κ3) is 2.72. The van der Waals surface area contributed by atoms with Crippen molar-refractivity contribution in [1.29, 1.82) is 0 Å². The van der Waals surface area contributed by atoms with E-state index in [1.165, 1.54) is 23.9 Å². The molecule has 0 atom stereocenters. The highest BCUT2D eigenvalue weighted by molar-refractivity contribution is 7.99. The van der Waals surface area contributed by atoms with Crippen molar-refractivity contribution in [2.75, 3.05) is 0 Å². The second kappa shape index (κ2) is 6.04. The SMILES string of the molecule is CC(C)Sc1nc2c([nH]c3ccccc32)c(=O)n1-c1ccc(F)cc1. The summed E-state index contributed by atoms with van der Waals surface area (Å²) in [6, 6.07) is 13.6. The van der Waals surface area contributed by atoms with Crippen LogP contribution in [0.15, 0.2) is 58.5 Å². The quantitative estimate of drug-likeness (QED) is 0.436. The third-order valence-corrected chi connectivity index (χ3v) is 4.88. The molecule has 25 heavy (non-hydrogen) atoms. The lowest BCUT2D eigenvalue weighted by Crippen LogP contribution is -2.22. The average molecular weight is 353 g/mol. The van der Waals surface area contributed by atoms with Crippen LogP contribution in [0.4, 0.5) is 4.39 Å². The van der Waals surface area contributed by atoms with Gasteiger partial charge in [0.1, 0.15) is 16.9 Å². The van der Waals surface area contributed by atoms with Crippen LogP contribution in [0.3, 0.4) is 0 Å². The Balaban J connectivity index is 2.08. The molecule has 0 amide bonds. The number of hydrogen-bond donors (Lipinski definition) is 1. The third-order valence-electron chi connectivity index (χ3n) is 3.92. The van der Waals surface area contributed by atoms with Gasteiger partial charge in [0.25, 0.3) is 5.56 Å². The zero-order chi connectivity index (χ0) is 17.6. The van der Waals surface area contributed by atoms with Crippen LogP contribution in [0.25, 0.3) is 27.6 Å². The van der Waals surface area contributed by atoms with Crippen molar-refractivity contribution >= 4 is 33.7 Å². The first kappa shape index (κ1) is 15.9. The van der Waals surface area contributed by atoms with Crippen molar-refractivity contribution < 1.29 is 4.39 Å². The molecular weight excluding hydrogens is 337 g/mol. The van der Waals surface area contributed by atoms with Crippen LogP contribution in [-0.2, 0) is 0 Å². The Hall–Kier alpha value is -2.60. The van der Waals surface area contributed by atoms with E-state index in [4.69, 9.17) is 4.98 Å². The maximum absolute atomic E-state index is 13.3. The van der Waals surface area contributed by atoms with Gasteiger partial charge in [-0.2, -0.15) is 0 Å². The number of nitrogens with one attached hydrogen (secondary N) is 1. The Morgan fingerprint density at radius 3 is 2.56 bits per heavy atom. The molecule has 126 valence electrons. The van der Waals surface area contributed by atoms with E-state index in [2.05, 4.69) is 4.98 Å². The maximum atomic E-state index is 13.3. The Bertz CT molecular complexity index is 1130. The standard InChI is InChI=1S/C19H16FN3OS/c1-11(2)25-19-22-16-14-5-3-4-6-15(14)21-17(16)18(24)23(19)13-9-7-12(20)8-10-13/h3-11,21H,1-2H3. The Kier molecular flexibility index (Phi) is 3.84. The summed E-state index contributed by atoms with van der Waals surface area (Å²) in [7, 11) is 0. The molecule has 6 heteroatoms. The Morgan fingerprint density at radius 2 is 1.84 bits per heavy atom. The zero-order valence-electron chi connectivity index (χ0n) is 13.8. The van der Waals surface area contributed by atoms with Crippen molar-refractivity contribution in [2.24, 2.45) is 0 Å². The van der Waals surface area contributed by atoms with Gasteiger partial charge in [0.05, 0.1) is 5.69 Å². The molecule has 2 aromatic carbocycles. The molecule has 0 saturated carbocycles. The van der Waals surface area contributed by atoms with Gasteiger partial charge in [0, 0.05) is 16.2 Å². The summed E-state index contributed by atoms with van der Waals surface area (Å²) < 4.78 is 14.8. The van der Waals surface area contributed by atoms with Gasteiger partial charge in [-0.15, -0.1) is 0 Å². The van der Waals surface area contributed by atoms with Crippen LogP contribution in [0.2, 0.25) is 0 Å². The topological polar surface area (TPSA) is 50.7 Å². The first-order chi connectivity index (χ1) is 12.0. The minimum atomic E-state index is -0.338. The van der Waals surface area contributed by atoms with E-state index < -0.39 is 0 Å². The number of nitrogens with zero attached hydrogens (tertiary/aromatic N) is 2. The zero-order valence-corrected chi connectivity index (χ0v) is 14.6. The lowest BCUT2D eigenvalue weighted by atomic mass is 10.2. The predicted molar refractivity (Wildman–Crippen MR) is 100 cm³/mol. The first-order valence-electron chi connectivity index (χ1n) is 8.00. The molecule has 0 spiro atoms. The predicted octanol–water partition coefficient (Wildman–Crippen LogP) is 4.51. The molecule has 0 aliphatic rings. The number of fused-ring (bicyclic) bond motifs is 3. The van der Waals surface area contributed by atoms with E-state index in [-0.39, 0.29) is 16.6 Å². The fourth-order valence-corrected chi connectivity index (χ4v) is 3.71. The maximum Gasteiger partial charge on any atom is 0.283 e. The van der Waals surface area contributed by atoms with Crippen molar-refractivity contribution in [2.45, 2.75) is 24.3 Å². The summed E-state index contributed by atoms with van der Waals surface area (Å²) in [5, 5.41) is 1.77. The summed E-state index contributed by atoms with van der Waals surface area (Å²) in [6.07, 6.45) is 0. The lowest BCUT2D eigenvalue weighted by molar-refractivity contribution is 0.627. The minimum Gasteiger partial charge on any atom is -0.349 e. The number of rotatable bonds is 3. The molecule has 4 nitrogen and oxygen atoms in total. The smallest absolute Gasteiger partial charge is 0.283 e. The van der Waals surface area contributed by atoms with Crippen LogP contribution in [0.1, 0.15) is 13.8 Å². The number of para-hydroxylation sites is 1. The number of H-pyrrole nitrogens is 1. The molecule has 0 unspecified atom stereocenters. The average Bonchev–Trinajstić information content (AvgIpc) is 2.95. The number of aromatic amines is 1. The van der Waals surface area contributed by atoms with Crippen LogP contribution in [0.5, 0.6) is 0 Å². The molecule has 2 heterocycles. The van der Waals surface area contributed by atoms with E-state index in [9.17, 15) is 9.18 Å². The lowest BCUT2D eigenvalue weighted by Gasteiger charge is -2.13. The second-order valence-electron chi connectivity index (χ2n) is 6.07. The van der Waals surface area contributed by atoms with Gasteiger partial charge < -0.3 is 4.98 Å². The van der Waals surface area contributed by atoms with E-state index >= 15 is 0 Å². The molecule has 0 radical (unpaired) electrons. The van der Waals surface area contributed by atoms with Crippen molar-refractivity contribution in [3.8, 4) is 5.69 Å². The minimum absolute atomic E-state index is 0.184. The van der Waals surface area contributed by atoms with Gasteiger partial charge in [0.15, 0.2) is 5.16 Å². The van der Waals surface area contributed by atoms with Gasteiger partial charge in [-0.1, -0.05) is 43.8 Å². The van der Waals surface area contributed by atoms with Gasteiger partial charge in [-0.25, -0.2) is 9.37 Å². The Morgan fingerprint density at radius 1 is 1.12 bits per heavy atom. The second-order valence-corrected chi connectivity index (χ2v) is 7.62. The summed E-state index contributed by atoms with van der Waals surface area (Å²) in [6.45, 7) is 4.09. The van der Waals surface area contributed by atoms with E-state index in [1.807, 2.05) is 38.1 Å². The highest BCUT2D eigenvalue weighted by atomic mass is 32.2. The summed E-state index contributed by atoms with van der Waals surface area (Å²) >= 11 is 1.51. The van der Waals surface area contributed by atoms with E-state index in [1.54, 1.807) is 16.7 Å². The summed E-state index contributed by atoms with van der Waals surface area (Å²) in [5.41, 5.74) is 2.42. The van der Waals surface area contributed by atoms with Crippen molar-refractivity contribution in [3.63, 3.8) is 0 Å². The number of hydrogen-bond acceptors (Lipinski definition) is 3. The fraction of sp³-hybridized carbons (Fsp3) is 0.158. The monoisotopic (exact) mass is 353 g/mol. The first-order valence-corrected chi connectivity index (χ1v) is 8.88. The summed E-state index contributed by atoms with van der Waals surface area (Å²) in [5.74, 6) is -0.338. The molecule has 0 bridgehead atoms. The normalized spacial score (nSPS) is 11.7. The number of halogens is 1.